The molecule has 1 aliphatic rings. The Morgan fingerprint density at radius 2 is 2.04 bits per heavy atom. The van der Waals surface area contributed by atoms with E-state index in [2.05, 4.69) is 25.7 Å². The van der Waals surface area contributed by atoms with E-state index in [1.165, 1.54) is 4.90 Å². The van der Waals surface area contributed by atoms with Crippen molar-refractivity contribution < 1.29 is 4.74 Å². The molecule has 0 N–H and O–H groups in total. The first-order valence-corrected chi connectivity index (χ1v) is 10.3. The van der Waals surface area contributed by atoms with Gasteiger partial charge in [-0.3, -0.25) is 4.90 Å². The number of hydroxylamine groups is 1. The van der Waals surface area contributed by atoms with Crippen LogP contribution in [0.2, 0.25) is 0 Å². The molecular formula is C17H24N2OS3. The largest absolute Gasteiger partial charge is 0.622 e. The van der Waals surface area contributed by atoms with E-state index >= 15 is 0 Å². The highest BCUT2D eigenvalue weighted by atomic mass is 32.2. The fourth-order valence-electron chi connectivity index (χ4n) is 2.70. The van der Waals surface area contributed by atoms with E-state index in [1.54, 1.807) is 29.7 Å². The molecule has 1 aromatic rings. The third-order valence-electron chi connectivity index (χ3n) is 3.89. The highest BCUT2D eigenvalue weighted by Crippen LogP contribution is 2.41. The Balaban J connectivity index is 2.26. The van der Waals surface area contributed by atoms with E-state index in [4.69, 9.17) is 12.2 Å². The van der Waals surface area contributed by atoms with Crippen LogP contribution in [0.1, 0.15) is 39.2 Å². The second-order valence-corrected chi connectivity index (χ2v) is 9.32. The Hall–Kier alpha value is -0.720. The molecular weight excluding hydrogens is 344 g/mol. The van der Waals surface area contributed by atoms with Crippen molar-refractivity contribution in [1.29, 1.82) is 0 Å². The molecule has 0 bridgehead atoms. The maximum Gasteiger partial charge on any atom is 0.254 e. The number of thioether (sulfide) groups is 2. The van der Waals surface area contributed by atoms with Crippen LogP contribution in [0, 0.1) is 5.21 Å². The van der Waals surface area contributed by atoms with Gasteiger partial charge < -0.3 is 5.21 Å². The molecule has 1 heterocycles. The normalized spacial score (nSPS) is 21.0. The maximum absolute atomic E-state index is 12.8. The highest BCUT2D eigenvalue weighted by Gasteiger charge is 2.50. The molecule has 0 aromatic heterocycles. The van der Waals surface area contributed by atoms with Crippen molar-refractivity contribution >= 4 is 46.3 Å². The van der Waals surface area contributed by atoms with Crippen LogP contribution in [0.3, 0.4) is 0 Å². The predicted molar refractivity (Wildman–Crippen MR) is 107 cm³/mol. The van der Waals surface area contributed by atoms with Gasteiger partial charge in [0.2, 0.25) is 0 Å². The van der Waals surface area contributed by atoms with Crippen molar-refractivity contribution in [3.8, 4) is 0 Å². The number of nitrogens with zero attached hydrogens (tertiary/aromatic N) is 2. The molecule has 0 radical (unpaired) electrons. The van der Waals surface area contributed by atoms with E-state index in [1.807, 2.05) is 30.5 Å². The third-order valence-corrected chi connectivity index (χ3v) is 6.26. The molecule has 1 unspecified atom stereocenters. The minimum atomic E-state index is -0.258. The van der Waals surface area contributed by atoms with E-state index < -0.39 is 0 Å². The van der Waals surface area contributed by atoms with Crippen LogP contribution in [-0.4, -0.2) is 43.9 Å². The zero-order valence-electron chi connectivity index (χ0n) is 14.1. The van der Waals surface area contributed by atoms with E-state index in [9.17, 15) is 5.21 Å². The third kappa shape index (κ3) is 4.43. The molecule has 0 aliphatic carbocycles. The molecule has 23 heavy (non-hydrogen) atoms. The van der Waals surface area contributed by atoms with Crippen LogP contribution in [0.25, 0.3) is 0 Å². The van der Waals surface area contributed by atoms with Gasteiger partial charge >= 0.3 is 0 Å². The topological polar surface area (TPSA) is 29.3 Å². The smallest absolute Gasteiger partial charge is 0.254 e. The van der Waals surface area contributed by atoms with Crippen molar-refractivity contribution in [3.05, 3.63) is 35.0 Å². The number of hydrogen-bond acceptors (Lipinski definition) is 4. The van der Waals surface area contributed by atoms with Crippen molar-refractivity contribution in [2.24, 2.45) is 0 Å². The van der Waals surface area contributed by atoms with Gasteiger partial charge in [0.25, 0.3) is 6.17 Å². The number of benzene rings is 1. The molecule has 2 rings (SSSR count). The minimum absolute atomic E-state index is 0.220. The van der Waals surface area contributed by atoms with Crippen LogP contribution in [0.5, 0.6) is 0 Å². The SMILES string of the molecule is CCCCN1C(=S)SC(C)(C)C1/[N+]([O-])=C/c1ccc(SC)cc1. The summed E-state index contributed by atoms with van der Waals surface area (Å²) in [5.74, 6) is 0. The lowest BCUT2D eigenvalue weighted by atomic mass is 10.1. The summed E-state index contributed by atoms with van der Waals surface area (Å²) in [7, 11) is 0. The van der Waals surface area contributed by atoms with Crippen LogP contribution in [0.4, 0.5) is 0 Å². The van der Waals surface area contributed by atoms with Crippen molar-refractivity contribution in [3.63, 3.8) is 0 Å². The lowest BCUT2D eigenvalue weighted by molar-refractivity contribution is -0.523. The fourth-order valence-corrected chi connectivity index (χ4v) is 5.04. The summed E-state index contributed by atoms with van der Waals surface area (Å²) in [6, 6.07) is 8.05. The van der Waals surface area contributed by atoms with Gasteiger partial charge in [0.1, 0.15) is 9.07 Å². The molecule has 1 aromatic carbocycles. The molecule has 3 nitrogen and oxygen atoms in total. The lowest BCUT2D eigenvalue weighted by Gasteiger charge is -2.29. The van der Waals surface area contributed by atoms with Gasteiger partial charge in [0, 0.05) is 17.0 Å². The Morgan fingerprint density at radius 1 is 1.39 bits per heavy atom. The summed E-state index contributed by atoms with van der Waals surface area (Å²) in [4.78, 5) is 3.28. The van der Waals surface area contributed by atoms with Gasteiger partial charge in [0.05, 0.1) is 0 Å². The van der Waals surface area contributed by atoms with Gasteiger partial charge in [-0.2, -0.15) is 4.74 Å². The monoisotopic (exact) mass is 368 g/mol. The second kappa shape index (κ2) is 7.90. The van der Waals surface area contributed by atoms with Crippen molar-refractivity contribution in [2.75, 3.05) is 12.8 Å². The summed E-state index contributed by atoms with van der Waals surface area (Å²) in [6.45, 7) is 7.18. The van der Waals surface area contributed by atoms with Crippen molar-refractivity contribution in [1.82, 2.24) is 4.90 Å². The van der Waals surface area contributed by atoms with Gasteiger partial charge in [-0.05, 0) is 50.8 Å². The Morgan fingerprint density at radius 3 is 2.61 bits per heavy atom. The average Bonchev–Trinajstić information content (AvgIpc) is 2.74. The van der Waals surface area contributed by atoms with Crippen LogP contribution >= 0.6 is 35.7 Å². The van der Waals surface area contributed by atoms with Crippen LogP contribution < -0.4 is 0 Å². The fraction of sp³-hybridized carbons (Fsp3) is 0.529. The first-order valence-electron chi connectivity index (χ1n) is 7.83. The molecule has 126 valence electrons. The molecule has 1 aliphatic heterocycles. The predicted octanol–water partition coefficient (Wildman–Crippen LogP) is 4.58. The Labute approximate surface area is 153 Å². The van der Waals surface area contributed by atoms with Gasteiger partial charge in [0.15, 0.2) is 6.21 Å². The Kier molecular flexibility index (Phi) is 6.40. The standard InChI is InChI=1S/C17H24N2OS3/c1-5-6-11-18-15(17(2,3)23-16(18)21)19(20)12-13-7-9-14(22-4)10-8-13/h7-10,12,15H,5-6,11H2,1-4H3/b19-12-. The highest BCUT2D eigenvalue weighted by molar-refractivity contribution is 8.24. The quantitative estimate of drug-likeness (QED) is 0.183. The van der Waals surface area contributed by atoms with Gasteiger partial charge in [-0.15, -0.1) is 11.8 Å². The second-order valence-electron chi connectivity index (χ2n) is 6.15. The molecule has 1 saturated heterocycles. The van der Waals surface area contributed by atoms with Gasteiger partial charge in [-0.25, -0.2) is 0 Å². The molecule has 6 heteroatoms. The lowest BCUT2D eigenvalue weighted by Crippen LogP contribution is -2.48. The zero-order chi connectivity index (χ0) is 17.0. The summed E-state index contributed by atoms with van der Waals surface area (Å²) in [6.07, 6.45) is 5.61. The zero-order valence-corrected chi connectivity index (χ0v) is 16.6. The number of thiocarbonyl (C=S) groups is 1. The summed E-state index contributed by atoms with van der Waals surface area (Å²) < 4.78 is 1.69. The number of unbranched alkanes of at least 4 members (excludes halogenated alkanes) is 1. The number of hydrogen-bond donors (Lipinski definition) is 0. The first kappa shape index (κ1) is 18.6. The summed E-state index contributed by atoms with van der Waals surface area (Å²) in [5.41, 5.74) is 0.923. The van der Waals surface area contributed by atoms with Crippen LogP contribution in [-0.2, 0) is 0 Å². The maximum atomic E-state index is 12.8. The van der Waals surface area contributed by atoms with E-state index in [0.29, 0.717) is 0 Å². The summed E-state index contributed by atoms with van der Waals surface area (Å²) >= 11 is 8.83. The first-order chi connectivity index (χ1) is 10.9. The number of rotatable bonds is 6. The van der Waals surface area contributed by atoms with Crippen LogP contribution in [0.15, 0.2) is 29.2 Å². The summed E-state index contributed by atoms with van der Waals surface area (Å²) in [5, 5.41) is 12.8. The molecule has 1 atom stereocenters. The Bertz CT molecular complexity index is 584. The van der Waals surface area contributed by atoms with E-state index in [0.717, 1.165) is 34.0 Å². The molecule has 0 spiro atoms. The molecule has 0 amide bonds. The molecule has 0 saturated carbocycles. The average molecular weight is 369 g/mol. The van der Waals surface area contributed by atoms with Gasteiger partial charge in [-0.1, -0.05) is 37.3 Å². The minimum Gasteiger partial charge on any atom is -0.622 e. The van der Waals surface area contributed by atoms with E-state index in [-0.39, 0.29) is 10.9 Å². The molecule has 1 fully saturated rings. The van der Waals surface area contributed by atoms with Crippen molar-refractivity contribution in [2.45, 2.75) is 49.4 Å².